The second kappa shape index (κ2) is 15.1. The van der Waals surface area contributed by atoms with E-state index in [0.717, 1.165) is 37.7 Å². The number of ether oxygens (including phenoxy) is 1. The summed E-state index contributed by atoms with van der Waals surface area (Å²) in [6.45, 7) is 4.09. The molecular formula is C33H44N4O6. The van der Waals surface area contributed by atoms with Crippen LogP contribution in [0.1, 0.15) is 80.4 Å². The summed E-state index contributed by atoms with van der Waals surface area (Å²) in [4.78, 5) is 59.3. The molecule has 1 aromatic heterocycles. The minimum atomic E-state index is -1.52. The number of nitrogens with zero attached hydrogens (tertiary/aromatic N) is 2. The fraction of sp³-hybridized carbons (Fsp3) is 0.545. The molecular weight excluding hydrogens is 548 g/mol. The summed E-state index contributed by atoms with van der Waals surface area (Å²) < 4.78 is 4.78. The predicted molar refractivity (Wildman–Crippen MR) is 161 cm³/mol. The second-order valence-corrected chi connectivity index (χ2v) is 12.1. The van der Waals surface area contributed by atoms with Crippen LogP contribution in [-0.2, 0) is 32.1 Å². The molecule has 2 aliphatic rings. The Balaban J connectivity index is 1.55. The highest BCUT2D eigenvalue weighted by Gasteiger charge is 2.39. The predicted octanol–water partition coefficient (Wildman–Crippen LogP) is 3.17. The van der Waals surface area contributed by atoms with Crippen molar-refractivity contribution in [1.82, 2.24) is 20.5 Å². The zero-order valence-corrected chi connectivity index (χ0v) is 25.3. The fourth-order valence-electron chi connectivity index (χ4n) is 6.17. The van der Waals surface area contributed by atoms with E-state index in [1.54, 1.807) is 18.3 Å². The number of methoxy groups -OCH3 is 1. The van der Waals surface area contributed by atoms with Gasteiger partial charge < -0.3 is 25.4 Å². The van der Waals surface area contributed by atoms with Crippen LogP contribution in [0.25, 0.3) is 0 Å². The third-order valence-corrected chi connectivity index (χ3v) is 8.46. The Morgan fingerprint density at radius 2 is 1.74 bits per heavy atom. The quantitative estimate of drug-likeness (QED) is 0.304. The van der Waals surface area contributed by atoms with Crippen LogP contribution in [0.3, 0.4) is 0 Å². The summed E-state index contributed by atoms with van der Waals surface area (Å²) in [6, 6.07) is 10.2. The molecule has 232 valence electrons. The molecule has 0 spiro atoms. The van der Waals surface area contributed by atoms with Gasteiger partial charge in [-0.15, -0.1) is 0 Å². The average Bonchev–Trinajstić information content (AvgIpc) is 3.34. The van der Waals surface area contributed by atoms with E-state index in [1.165, 1.54) is 12.0 Å². The van der Waals surface area contributed by atoms with E-state index in [1.807, 2.05) is 44.2 Å². The molecule has 1 aromatic carbocycles. The molecule has 1 aliphatic carbocycles. The van der Waals surface area contributed by atoms with Gasteiger partial charge in [0, 0.05) is 12.6 Å². The van der Waals surface area contributed by atoms with Crippen LogP contribution in [0.15, 0.2) is 48.7 Å². The summed E-state index contributed by atoms with van der Waals surface area (Å²) >= 11 is 0. The Labute approximate surface area is 253 Å². The smallest absolute Gasteiger partial charge is 0.336 e. The molecule has 3 amide bonds. The minimum Gasteiger partial charge on any atom is -0.467 e. The van der Waals surface area contributed by atoms with Gasteiger partial charge in [0.25, 0.3) is 5.91 Å². The third-order valence-electron chi connectivity index (χ3n) is 8.46. The molecule has 2 aromatic rings. The number of amides is 3. The Hall–Kier alpha value is -3.79. The third kappa shape index (κ3) is 8.40. The van der Waals surface area contributed by atoms with Crippen molar-refractivity contribution in [2.75, 3.05) is 7.11 Å². The summed E-state index contributed by atoms with van der Waals surface area (Å²) in [7, 11) is 1.20. The molecule has 4 rings (SSSR count). The van der Waals surface area contributed by atoms with Crippen molar-refractivity contribution in [1.29, 1.82) is 0 Å². The van der Waals surface area contributed by atoms with Crippen LogP contribution in [0.4, 0.5) is 0 Å². The summed E-state index contributed by atoms with van der Waals surface area (Å²) in [6.07, 6.45) is 6.36. The Morgan fingerprint density at radius 3 is 2.40 bits per heavy atom. The molecule has 1 saturated carbocycles. The number of aromatic nitrogens is 1. The van der Waals surface area contributed by atoms with Crippen molar-refractivity contribution in [3.63, 3.8) is 0 Å². The zero-order chi connectivity index (χ0) is 30.9. The molecule has 0 saturated heterocycles. The van der Waals surface area contributed by atoms with Crippen LogP contribution >= 0.6 is 0 Å². The average molecular weight is 593 g/mol. The highest BCUT2D eigenvalue weighted by atomic mass is 16.5. The molecule has 1 fully saturated rings. The van der Waals surface area contributed by atoms with Crippen LogP contribution in [0.2, 0.25) is 0 Å². The lowest BCUT2D eigenvalue weighted by molar-refractivity contribution is -0.153. The van der Waals surface area contributed by atoms with E-state index in [4.69, 9.17) is 4.74 Å². The van der Waals surface area contributed by atoms with Crippen molar-refractivity contribution in [2.24, 2.45) is 11.8 Å². The van der Waals surface area contributed by atoms with Gasteiger partial charge in [0.1, 0.15) is 12.1 Å². The molecule has 4 atom stereocenters. The highest BCUT2D eigenvalue weighted by Crippen LogP contribution is 2.29. The van der Waals surface area contributed by atoms with E-state index < -0.39 is 42.0 Å². The maximum absolute atomic E-state index is 14.0. The van der Waals surface area contributed by atoms with E-state index in [-0.39, 0.29) is 30.7 Å². The van der Waals surface area contributed by atoms with Gasteiger partial charge in [0.2, 0.25) is 11.8 Å². The monoisotopic (exact) mass is 592 g/mol. The van der Waals surface area contributed by atoms with E-state index in [0.29, 0.717) is 24.1 Å². The number of carbonyl (C=O) groups is 4. The highest BCUT2D eigenvalue weighted by molar-refractivity contribution is 6.01. The van der Waals surface area contributed by atoms with E-state index in [2.05, 4.69) is 15.6 Å². The molecule has 10 heteroatoms. The van der Waals surface area contributed by atoms with Crippen LogP contribution in [0.5, 0.6) is 0 Å². The van der Waals surface area contributed by atoms with Gasteiger partial charge in [-0.3, -0.25) is 19.4 Å². The first kappa shape index (κ1) is 32.1. The standard InChI is InChI=1S/C33H44N4O6/c1-21(2)17-26(30(39)35-25(29(38)33(42)43-3)18-22-11-6-4-7-12-22)36-31(40)28(19-23-13-8-5-9-14-23)37-20-27-24(32(37)41)15-10-16-34-27/h5,8-10,13-16,21-22,25-26,28-29,38H,4,6-7,11-12,17-20H2,1-3H3,(H,35,39)(H,36,40)/t25-,26?,28-,29?/m0/s1. The molecule has 1 aliphatic heterocycles. The lowest BCUT2D eigenvalue weighted by Gasteiger charge is -2.32. The van der Waals surface area contributed by atoms with Crippen molar-refractivity contribution in [3.8, 4) is 0 Å². The molecule has 43 heavy (non-hydrogen) atoms. The van der Waals surface area contributed by atoms with E-state index >= 15 is 0 Å². The maximum Gasteiger partial charge on any atom is 0.336 e. The normalized spacial score (nSPS) is 18.0. The lowest BCUT2D eigenvalue weighted by Crippen LogP contribution is -2.58. The largest absolute Gasteiger partial charge is 0.467 e. The van der Waals surface area contributed by atoms with Gasteiger partial charge in [-0.1, -0.05) is 76.3 Å². The Morgan fingerprint density at radius 1 is 1.02 bits per heavy atom. The van der Waals surface area contributed by atoms with Gasteiger partial charge in [-0.2, -0.15) is 0 Å². The maximum atomic E-state index is 14.0. The SMILES string of the molecule is COC(=O)C(O)[C@H](CC1CCCCC1)NC(=O)C(CC(C)C)NC(=O)[C@H](Cc1ccccc1)N1Cc2ncccc2C1=O. The number of esters is 1. The first-order valence-corrected chi connectivity index (χ1v) is 15.3. The first-order valence-electron chi connectivity index (χ1n) is 15.3. The number of fused-ring (bicyclic) bond motifs is 1. The van der Waals surface area contributed by atoms with Gasteiger partial charge in [0.15, 0.2) is 6.10 Å². The number of pyridine rings is 1. The first-order chi connectivity index (χ1) is 20.7. The minimum absolute atomic E-state index is 0.0489. The number of aliphatic hydroxyl groups is 1. The number of benzene rings is 1. The number of aliphatic hydroxyl groups excluding tert-OH is 1. The topological polar surface area (TPSA) is 138 Å². The van der Waals surface area contributed by atoms with Crippen LogP contribution < -0.4 is 10.6 Å². The number of nitrogens with one attached hydrogen (secondary N) is 2. The molecule has 0 bridgehead atoms. The summed E-state index contributed by atoms with van der Waals surface area (Å²) in [5.74, 6) is -1.71. The summed E-state index contributed by atoms with van der Waals surface area (Å²) in [5.41, 5.74) is 1.95. The molecule has 3 N–H and O–H groups in total. The molecule has 0 radical (unpaired) electrons. The number of hydrogen-bond acceptors (Lipinski definition) is 7. The molecule has 2 unspecified atom stereocenters. The molecule has 2 heterocycles. The number of hydrogen-bond donors (Lipinski definition) is 3. The lowest BCUT2D eigenvalue weighted by atomic mass is 9.83. The van der Waals surface area contributed by atoms with Crippen molar-refractivity contribution in [3.05, 3.63) is 65.5 Å². The Kier molecular flexibility index (Phi) is 11.3. The van der Waals surface area contributed by atoms with Crippen molar-refractivity contribution >= 4 is 23.7 Å². The second-order valence-electron chi connectivity index (χ2n) is 12.1. The Bertz CT molecular complexity index is 1260. The van der Waals surface area contributed by atoms with E-state index in [9.17, 15) is 24.3 Å². The fourth-order valence-corrected chi connectivity index (χ4v) is 6.17. The summed E-state index contributed by atoms with van der Waals surface area (Å²) in [5, 5.41) is 16.6. The van der Waals surface area contributed by atoms with Gasteiger partial charge in [0.05, 0.1) is 31.0 Å². The number of rotatable bonds is 13. The number of carbonyl (C=O) groups excluding carboxylic acids is 4. The van der Waals surface area contributed by atoms with Crippen LogP contribution in [-0.4, -0.2) is 70.0 Å². The van der Waals surface area contributed by atoms with Crippen LogP contribution in [0, 0.1) is 11.8 Å². The van der Waals surface area contributed by atoms with Crippen molar-refractivity contribution < 1.29 is 29.0 Å². The van der Waals surface area contributed by atoms with Gasteiger partial charge >= 0.3 is 5.97 Å². The van der Waals surface area contributed by atoms with Crippen molar-refractivity contribution in [2.45, 2.75) is 96.0 Å². The van der Waals surface area contributed by atoms with Gasteiger partial charge in [-0.25, -0.2) is 4.79 Å². The van der Waals surface area contributed by atoms with Gasteiger partial charge in [-0.05, 0) is 42.4 Å². The molecule has 10 nitrogen and oxygen atoms in total. The zero-order valence-electron chi connectivity index (χ0n) is 25.3.